The van der Waals surface area contributed by atoms with Crippen molar-refractivity contribution in [3.8, 4) is 11.3 Å². The Kier molecular flexibility index (Phi) is 4.33. The molecule has 3 rings (SSSR count). The molecule has 1 unspecified atom stereocenters. The van der Waals surface area contributed by atoms with Gasteiger partial charge in [-0.2, -0.15) is 0 Å². The Morgan fingerprint density at radius 1 is 1.17 bits per heavy atom. The molecule has 4 nitrogen and oxygen atoms in total. The van der Waals surface area contributed by atoms with Crippen molar-refractivity contribution < 1.29 is 4.79 Å². The molecule has 0 radical (unpaired) electrons. The predicted molar refractivity (Wildman–Crippen MR) is 92.2 cm³/mol. The first kappa shape index (κ1) is 15.2. The van der Waals surface area contributed by atoms with Gasteiger partial charge < -0.3 is 5.32 Å². The van der Waals surface area contributed by atoms with Crippen LogP contribution in [-0.4, -0.2) is 21.9 Å². The van der Waals surface area contributed by atoms with E-state index in [1.54, 1.807) is 12.4 Å². The van der Waals surface area contributed by atoms with E-state index in [0.29, 0.717) is 5.56 Å². The van der Waals surface area contributed by atoms with Crippen LogP contribution in [0.4, 0.5) is 0 Å². The van der Waals surface area contributed by atoms with E-state index < -0.39 is 0 Å². The lowest BCUT2D eigenvalue weighted by molar-refractivity contribution is 0.0941. The SMILES string of the molecule is CCC(C)NC(=O)c1cc(-c2ccncc2)nc2ccccc12. The third kappa shape index (κ3) is 3.21. The Balaban J connectivity index is 2.13. The molecule has 2 heterocycles. The van der Waals surface area contributed by atoms with Gasteiger partial charge in [-0.25, -0.2) is 4.98 Å². The van der Waals surface area contributed by atoms with Crippen LogP contribution in [0.1, 0.15) is 30.6 Å². The molecule has 0 aliphatic heterocycles. The van der Waals surface area contributed by atoms with E-state index in [4.69, 9.17) is 0 Å². The lowest BCUT2D eigenvalue weighted by Gasteiger charge is -2.14. The first-order valence-electron chi connectivity index (χ1n) is 7.80. The number of rotatable bonds is 4. The molecule has 1 aromatic carbocycles. The fourth-order valence-electron chi connectivity index (χ4n) is 2.44. The molecular weight excluding hydrogens is 286 g/mol. The molecule has 0 saturated heterocycles. The minimum atomic E-state index is -0.0618. The maximum atomic E-state index is 12.7. The molecule has 4 heteroatoms. The summed E-state index contributed by atoms with van der Waals surface area (Å²) in [4.78, 5) is 21.4. The van der Waals surface area contributed by atoms with Crippen molar-refractivity contribution in [2.45, 2.75) is 26.3 Å². The van der Waals surface area contributed by atoms with E-state index in [1.807, 2.05) is 49.4 Å². The van der Waals surface area contributed by atoms with E-state index >= 15 is 0 Å². The van der Waals surface area contributed by atoms with Crippen LogP contribution in [0.3, 0.4) is 0 Å². The summed E-state index contributed by atoms with van der Waals surface area (Å²) in [5, 5.41) is 3.90. The molecule has 3 aromatic rings. The van der Waals surface area contributed by atoms with Gasteiger partial charge in [-0.1, -0.05) is 25.1 Å². The maximum absolute atomic E-state index is 12.7. The zero-order valence-corrected chi connectivity index (χ0v) is 13.3. The topological polar surface area (TPSA) is 54.9 Å². The highest BCUT2D eigenvalue weighted by Crippen LogP contribution is 2.24. The third-order valence-electron chi connectivity index (χ3n) is 3.93. The predicted octanol–water partition coefficient (Wildman–Crippen LogP) is 3.83. The molecule has 0 spiro atoms. The van der Waals surface area contributed by atoms with Crippen molar-refractivity contribution in [1.29, 1.82) is 0 Å². The van der Waals surface area contributed by atoms with E-state index in [1.165, 1.54) is 0 Å². The van der Waals surface area contributed by atoms with E-state index in [-0.39, 0.29) is 11.9 Å². The van der Waals surface area contributed by atoms with Crippen LogP contribution in [-0.2, 0) is 0 Å². The standard InChI is InChI=1S/C19H19N3O/c1-3-13(2)21-19(23)16-12-18(14-8-10-20-11-9-14)22-17-7-5-4-6-15(16)17/h4-13H,3H2,1-2H3,(H,21,23). The lowest BCUT2D eigenvalue weighted by Crippen LogP contribution is -2.32. The van der Waals surface area contributed by atoms with Crippen LogP contribution in [0.15, 0.2) is 54.9 Å². The van der Waals surface area contributed by atoms with Crippen molar-refractivity contribution in [2.75, 3.05) is 0 Å². The Labute approximate surface area is 135 Å². The summed E-state index contributed by atoms with van der Waals surface area (Å²) in [6.45, 7) is 4.06. The van der Waals surface area contributed by atoms with Gasteiger partial charge in [-0.05, 0) is 37.6 Å². The number of aromatic nitrogens is 2. The van der Waals surface area contributed by atoms with Crippen LogP contribution >= 0.6 is 0 Å². The Morgan fingerprint density at radius 3 is 2.65 bits per heavy atom. The minimum absolute atomic E-state index is 0.0618. The molecule has 116 valence electrons. The molecular formula is C19H19N3O. The highest BCUT2D eigenvalue weighted by Gasteiger charge is 2.15. The average molecular weight is 305 g/mol. The minimum Gasteiger partial charge on any atom is -0.350 e. The van der Waals surface area contributed by atoms with Gasteiger partial charge in [0.2, 0.25) is 0 Å². The van der Waals surface area contributed by atoms with Gasteiger partial charge in [0, 0.05) is 29.4 Å². The van der Waals surface area contributed by atoms with Crippen LogP contribution in [0.2, 0.25) is 0 Å². The van der Waals surface area contributed by atoms with Crippen molar-refractivity contribution in [2.24, 2.45) is 0 Å². The fourth-order valence-corrected chi connectivity index (χ4v) is 2.44. The van der Waals surface area contributed by atoms with Gasteiger partial charge in [-0.15, -0.1) is 0 Å². The maximum Gasteiger partial charge on any atom is 0.252 e. The molecule has 0 bridgehead atoms. The van der Waals surface area contributed by atoms with Gasteiger partial charge in [0.25, 0.3) is 5.91 Å². The van der Waals surface area contributed by atoms with Gasteiger partial charge in [-0.3, -0.25) is 9.78 Å². The summed E-state index contributed by atoms with van der Waals surface area (Å²) in [6, 6.07) is 13.5. The van der Waals surface area contributed by atoms with E-state index in [2.05, 4.69) is 22.2 Å². The number of nitrogens with one attached hydrogen (secondary N) is 1. The lowest BCUT2D eigenvalue weighted by atomic mass is 10.0. The summed E-state index contributed by atoms with van der Waals surface area (Å²) in [7, 11) is 0. The summed E-state index contributed by atoms with van der Waals surface area (Å²) >= 11 is 0. The van der Waals surface area contributed by atoms with Gasteiger partial charge >= 0.3 is 0 Å². The summed E-state index contributed by atoms with van der Waals surface area (Å²) < 4.78 is 0. The zero-order chi connectivity index (χ0) is 16.2. The first-order valence-corrected chi connectivity index (χ1v) is 7.80. The molecule has 23 heavy (non-hydrogen) atoms. The first-order chi connectivity index (χ1) is 11.2. The number of amides is 1. The Morgan fingerprint density at radius 2 is 1.91 bits per heavy atom. The number of fused-ring (bicyclic) bond motifs is 1. The molecule has 0 aliphatic carbocycles. The molecule has 1 atom stereocenters. The molecule has 0 fully saturated rings. The van der Waals surface area contributed by atoms with Gasteiger partial charge in [0.1, 0.15) is 0 Å². The van der Waals surface area contributed by atoms with Crippen LogP contribution in [0, 0.1) is 0 Å². The third-order valence-corrected chi connectivity index (χ3v) is 3.93. The molecule has 0 saturated carbocycles. The number of nitrogens with zero attached hydrogens (tertiary/aromatic N) is 2. The summed E-state index contributed by atoms with van der Waals surface area (Å²) in [5.74, 6) is -0.0618. The highest BCUT2D eigenvalue weighted by atomic mass is 16.1. The average Bonchev–Trinajstić information content (AvgIpc) is 2.61. The number of hydrogen-bond acceptors (Lipinski definition) is 3. The molecule has 1 N–H and O–H groups in total. The second kappa shape index (κ2) is 6.57. The van der Waals surface area contributed by atoms with Crippen molar-refractivity contribution in [3.05, 3.63) is 60.4 Å². The second-order valence-electron chi connectivity index (χ2n) is 5.59. The van der Waals surface area contributed by atoms with Crippen molar-refractivity contribution in [1.82, 2.24) is 15.3 Å². The van der Waals surface area contributed by atoms with Crippen molar-refractivity contribution in [3.63, 3.8) is 0 Å². The summed E-state index contributed by atoms with van der Waals surface area (Å²) in [5.41, 5.74) is 3.20. The number of carbonyl (C=O) groups is 1. The number of carbonyl (C=O) groups excluding carboxylic acids is 1. The zero-order valence-electron chi connectivity index (χ0n) is 13.3. The summed E-state index contributed by atoms with van der Waals surface area (Å²) in [6.07, 6.45) is 4.35. The Hall–Kier alpha value is -2.75. The quantitative estimate of drug-likeness (QED) is 0.797. The van der Waals surface area contributed by atoms with E-state index in [9.17, 15) is 4.79 Å². The monoisotopic (exact) mass is 305 g/mol. The normalized spacial score (nSPS) is 12.1. The Bertz CT molecular complexity index is 830. The van der Waals surface area contributed by atoms with E-state index in [0.717, 1.165) is 28.6 Å². The van der Waals surface area contributed by atoms with Crippen molar-refractivity contribution >= 4 is 16.8 Å². The molecule has 1 amide bonds. The number of hydrogen-bond donors (Lipinski definition) is 1. The number of pyridine rings is 2. The largest absolute Gasteiger partial charge is 0.350 e. The highest BCUT2D eigenvalue weighted by molar-refractivity contribution is 6.07. The number of para-hydroxylation sites is 1. The van der Waals surface area contributed by atoms with Gasteiger partial charge in [0.15, 0.2) is 0 Å². The second-order valence-corrected chi connectivity index (χ2v) is 5.59. The smallest absolute Gasteiger partial charge is 0.252 e. The van der Waals surface area contributed by atoms with Gasteiger partial charge in [0.05, 0.1) is 16.8 Å². The molecule has 2 aromatic heterocycles. The van der Waals surface area contributed by atoms with Crippen LogP contribution in [0.5, 0.6) is 0 Å². The van der Waals surface area contributed by atoms with Crippen LogP contribution < -0.4 is 5.32 Å². The fraction of sp³-hybridized carbons (Fsp3) is 0.211. The molecule has 0 aliphatic rings. The van der Waals surface area contributed by atoms with Crippen LogP contribution in [0.25, 0.3) is 22.2 Å². The number of benzene rings is 1.